The standard InChI is InChI=1S/C13H12BrNO4S2/c1-7-5-8(2)11(9(14)6-7)15-21(18,19)10-3-4-20-12(10)13(16)17/h3-6,15H,1-2H3,(H,16,17). The minimum Gasteiger partial charge on any atom is -0.477 e. The Morgan fingerprint density at radius 2 is 2.00 bits per heavy atom. The average molecular weight is 390 g/mol. The lowest BCUT2D eigenvalue weighted by atomic mass is 10.1. The number of hydrogen-bond acceptors (Lipinski definition) is 4. The molecule has 0 radical (unpaired) electrons. The van der Waals surface area contributed by atoms with E-state index in [9.17, 15) is 13.2 Å². The van der Waals surface area contributed by atoms with Crippen LogP contribution in [0.2, 0.25) is 0 Å². The molecule has 21 heavy (non-hydrogen) atoms. The molecule has 0 fully saturated rings. The first-order chi connectivity index (χ1) is 9.72. The van der Waals surface area contributed by atoms with Crippen molar-refractivity contribution < 1.29 is 18.3 Å². The average Bonchev–Trinajstić information content (AvgIpc) is 2.83. The van der Waals surface area contributed by atoms with Crippen molar-refractivity contribution >= 4 is 48.9 Å². The summed E-state index contributed by atoms with van der Waals surface area (Å²) in [7, 11) is -3.95. The van der Waals surface area contributed by atoms with E-state index in [0.717, 1.165) is 22.5 Å². The van der Waals surface area contributed by atoms with Gasteiger partial charge >= 0.3 is 5.97 Å². The number of carboxylic acids is 1. The number of halogens is 1. The number of sulfonamides is 1. The molecule has 1 heterocycles. The number of benzene rings is 1. The monoisotopic (exact) mass is 389 g/mol. The van der Waals surface area contributed by atoms with Gasteiger partial charge in [0, 0.05) is 4.47 Å². The summed E-state index contributed by atoms with van der Waals surface area (Å²) in [5.74, 6) is -1.26. The number of aromatic carboxylic acids is 1. The zero-order chi connectivity index (χ0) is 15.8. The summed E-state index contributed by atoms with van der Waals surface area (Å²) in [6, 6.07) is 4.92. The van der Waals surface area contributed by atoms with Gasteiger partial charge in [-0.3, -0.25) is 4.72 Å². The van der Waals surface area contributed by atoms with E-state index in [1.807, 2.05) is 13.0 Å². The van der Waals surface area contributed by atoms with Gasteiger partial charge in [-0.05, 0) is 58.4 Å². The third kappa shape index (κ3) is 3.28. The van der Waals surface area contributed by atoms with Gasteiger partial charge in [-0.1, -0.05) is 6.07 Å². The van der Waals surface area contributed by atoms with E-state index in [1.54, 1.807) is 13.0 Å². The van der Waals surface area contributed by atoms with Crippen LogP contribution < -0.4 is 4.72 Å². The molecule has 0 saturated heterocycles. The summed E-state index contributed by atoms with van der Waals surface area (Å²) in [5.41, 5.74) is 2.14. The third-order valence-corrected chi connectivity index (χ3v) is 5.83. The van der Waals surface area contributed by atoms with Crippen molar-refractivity contribution in [2.75, 3.05) is 4.72 Å². The summed E-state index contributed by atoms with van der Waals surface area (Å²) in [6.07, 6.45) is 0. The Hall–Kier alpha value is -1.38. The zero-order valence-electron chi connectivity index (χ0n) is 11.2. The van der Waals surface area contributed by atoms with Gasteiger partial charge in [-0.25, -0.2) is 13.2 Å². The predicted octanol–water partition coefficient (Wildman–Crippen LogP) is 3.63. The van der Waals surface area contributed by atoms with Crippen molar-refractivity contribution in [3.05, 3.63) is 44.1 Å². The van der Waals surface area contributed by atoms with Crippen molar-refractivity contribution in [3.8, 4) is 0 Å². The Kier molecular flexibility index (Phi) is 4.40. The first-order valence-corrected chi connectivity index (χ1v) is 8.98. The molecule has 1 aromatic carbocycles. The summed E-state index contributed by atoms with van der Waals surface area (Å²) >= 11 is 4.20. The van der Waals surface area contributed by atoms with Crippen LogP contribution in [0.1, 0.15) is 20.8 Å². The molecule has 0 amide bonds. The van der Waals surface area contributed by atoms with Crippen LogP contribution in [-0.2, 0) is 10.0 Å². The number of rotatable bonds is 4. The molecule has 2 N–H and O–H groups in total. The number of aryl methyl sites for hydroxylation is 2. The first-order valence-electron chi connectivity index (χ1n) is 5.82. The van der Waals surface area contributed by atoms with E-state index < -0.39 is 16.0 Å². The smallest absolute Gasteiger partial charge is 0.347 e. The number of anilines is 1. The summed E-state index contributed by atoms with van der Waals surface area (Å²) in [4.78, 5) is 10.6. The molecule has 0 spiro atoms. The first kappa shape index (κ1) is 16.0. The second-order valence-electron chi connectivity index (χ2n) is 4.46. The molecule has 0 saturated carbocycles. The van der Waals surface area contributed by atoms with E-state index in [1.165, 1.54) is 11.4 Å². The largest absolute Gasteiger partial charge is 0.477 e. The van der Waals surface area contributed by atoms with Gasteiger partial charge in [-0.15, -0.1) is 11.3 Å². The molecule has 0 atom stereocenters. The highest BCUT2D eigenvalue weighted by atomic mass is 79.9. The van der Waals surface area contributed by atoms with Crippen LogP contribution in [0.15, 0.2) is 32.9 Å². The lowest BCUT2D eigenvalue weighted by Gasteiger charge is -2.13. The maximum absolute atomic E-state index is 12.4. The second kappa shape index (κ2) is 5.78. The molecule has 0 unspecified atom stereocenters. The summed E-state index contributed by atoms with van der Waals surface area (Å²) in [5, 5.41) is 10.5. The molecular formula is C13H12BrNO4S2. The molecule has 2 aromatic rings. The Balaban J connectivity index is 2.48. The fraction of sp³-hybridized carbons (Fsp3) is 0.154. The molecular weight excluding hydrogens is 378 g/mol. The van der Waals surface area contributed by atoms with E-state index >= 15 is 0 Å². The Labute approximate surface area is 134 Å². The molecule has 112 valence electrons. The zero-order valence-corrected chi connectivity index (χ0v) is 14.4. The van der Waals surface area contributed by atoms with Gasteiger partial charge in [0.1, 0.15) is 9.77 Å². The fourth-order valence-electron chi connectivity index (χ4n) is 1.90. The molecule has 1 aromatic heterocycles. The normalized spacial score (nSPS) is 11.4. The summed E-state index contributed by atoms with van der Waals surface area (Å²) < 4.78 is 27.8. The highest BCUT2D eigenvalue weighted by Crippen LogP contribution is 2.31. The predicted molar refractivity (Wildman–Crippen MR) is 85.7 cm³/mol. The van der Waals surface area contributed by atoms with Gasteiger partial charge < -0.3 is 5.11 Å². The van der Waals surface area contributed by atoms with Crippen molar-refractivity contribution in [1.82, 2.24) is 0 Å². The van der Waals surface area contributed by atoms with Gasteiger partial charge in [-0.2, -0.15) is 0 Å². The van der Waals surface area contributed by atoms with Gasteiger partial charge in [0.15, 0.2) is 0 Å². The molecule has 0 bridgehead atoms. The molecule has 8 heteroatoms. The maximum atomic E-state index is 12.4. The number of carboxylic acid groups (broad SMARTS) is 1. The fourth-order valence-corrected chi connectivity index (χ4v) is 5.22. The molecule has 5 nitrogen and oxygen atoms in total. The van der Waals surface area contributed by atoms with Gasteiger partial charge in [0.2, 0.25) is 0 Å². The molecule has 0 aliphatic rings. The van der Waals surface area contributed by atoms with Crippen LogP contribution in [-0.4, -0.2) is 19.5 Å². The highest BCUT2D eigenvalue weighted by Gasteiger charge is 2.25. The molecule has 2 rings (SSSR count). The molecule has 0 aliphatic heterocycles. The quantitative estimate of drug-likeness (QED) is 0.835. The van der Waals surface area contributed by atoms with E-state index in [2.05, 4.69) is 20.7 Å². The highest BCUT2D eigenvalue weighted by molar-refractivity contribution is 9.10. The van der Waals surface area contributed by atoms with Crippen molar-refractivity contribution in [2.24, 2.45) is 0 Å². The van der Waals surface area contributed by atoms with E-state index in [0.29, 0.717) is 10.2 Å². The lowest BCUT2D eigenvalue weighted by molar-refractivity contribution is 0.0698. The molecule has 0 aliphatic carbocycles. The maximum Gasteiger partial charge on any atom is 0.347 e. The van der Waals surface area contributed by atoms with Crippen LogP contribution in [0.3, 0.4) is 0 Å². The lowest BCUT2D eigenvalue weighted by Crippen LogP contribution is -2.16. The Morgan fingerprint density at radius 1 is 1.33 bits per heavy atom. The van der Waals surface area contributed by atoms with Crippen LogP contribution in [0.25, 0.3) is 0 Å². The minimum absolute atomic E-state index is 0.205. The van der Waals surface area contributed by atoms with E-state index in [4.69, 9.17) is 5.11 Å². The number of carbonyl (C=O) groups is 1. The van der Waals surface area contributed by atoms with Crippen LogP contribution in [0, 0.1) is 13.8 Å². The SMILES string of the molecule is Cc1cc(C)c(NS(=O)(=O)c2ccsc2C(=O)O)c(Br)c1. The Bertz CT molecular complexity index is 788. The number of nitrogens with one attached hydrogen (secondary N) is 1. The number of thiophene rings is 1. The third-order valence-electron chi connectivity index (χ3n) is 2.78. The van der Waals surface area contributed by atoms with Crippen LogP contribution in [0.4, 0.5) is 5.69 Å². The number of hydrogen-bond donors (Lipinski definition) is 2. The topological polar surface area (TPSA) is 83.5 Å². The second-order valence-corrected chi connectivity index (χ2v) is 7.88. The summed E-state index contributed by atoms with van der Waals surface area (Å²) in [6.45, 7) is 3.68. The van der Waals surface area contributed by atoms with Crippen molar-refractivity contribution in [2.45, 2.75) is 18.7 Å². The minimum atomic E-state index is -3.95. The van der Waals surface area contributed by atoms with Gasteiger partial charge in [0.05, 0.1) is 5.69 Å². The van der Waals surface area contributed by atoms with Crippen LogP contribution in [0.5, 0.6) is 0 Å². The van der Waals surface area contributed by atoms with Crippen LogP contribution >= 0.6 is 27.3 Å². The van der Waals surface area contributed by atoms with Crippen molar-refractivity contribution in [1.29, 1.82) is 0 Å². The van der Waals surface area contributed by atoms with Gasteiger partial charge in [0.25, 0.3) is 10.0 Å². The van der Waals surface area contributed by atoms with Crippen molar-refractivity contribution in [3.63, 3.8) is 0 Å². The Morgan fingerprint density at radius 3 is 2.57 bits per heavy atom. The van der Waals surface area contributed by atoms with E-state index in [-0.39, 0.29) is 9.77 Å².